The van der Waals surface area contributed by atoms with Crippen LogP contribution in [0.15, 0.2) is 30.3 Å². The summed E-state index contributed by atoms with van der Waals surface area (Å²) in [6.45, 7) is 0. The molecule has 2 N–H and O–H groups in total. The van der Waals surface area contributed by atoms with Crippen LogP contribution in [0.2, 0.25) is 0 Å². The molecule has 0 aliphatic rings. The second-order valence-corrected chi connectivity index (χ2v) is 5.52. The van der Waals surface area contributed by atoms with Crippen LogP contribution in [0.1, 0.15) is 12.0 Å². The standard InChI is InChI=1S/C9H14O5P2/c10-15-14-9(16(11,12)13)7-6-8-4-2-1-3-5-8/h1-5,9H,6-7,15H2,(H2,11,12,13). The third kappa shape index (κ3) is 4.60. The number of benzene rings is 1. The fourth-order valence-electron chi connectivity index (χ4n) is 1.31. The summed E-state index contributed by atoms with van der Waals surface area (Å²) in [7, 11) is -5.94. The highest BCUT2D eigenvalue weighted by atomic mass is 31.2. The molecule has 2 unspecified atom stereocenters. The fourth-order valence-corrected chi connectivity index (χ4v) is 2.83. The molecular weight excluding hydrogens is 250 g/mol. The lowest BCUT2D eigenvalue weighted by molar-refractivity contribution is 0.231. The summed E-state index contributed by atoms with van der Waals surface area (Å²) in [5.74, 6) is -1.26. The number of aryl methyl sites for hydroxylation is 1. The fraction of sp³-hybridized carbons (Fsp3) is 0.333. The quantitative estimate of drug-likeness (QED) is 0.765. The maximum atomic E-state index is 11.0. The van der Waals surface area contributed by atoms with Crippen molar-refractivity contribution in [3.8, 4) is 0 Å². The predicted molar refractivity (Wildman–Crippen MR) is 62.1 cm³/mol. The molecule has 0 aliphatic carbocycles. The van der Waals surface area contributed by atoms with Gasteiger partial charge in [0.05, 0.1) is 0 Å². The molecular formula is C9H14O5P2. The molecule has 0 radical (unpaired) electrons. The summed E-state index contributed by atoms with van der Waals surface area (Å²) in [6.07, 6.45) is 0.638. The third-order valence-electron chi connectivity index (χ3n) is 2.11. The molecule has 1 aromatic carbocycles. The Morgan fingerprint density at radius 3 is 2.44 bits per heavy atom. The van der Waals surface area contributed by atoms with Crippen LogP contribution in [-0.2, 0) is 20.1 Å². The molecule has 0 spiro atoms. The molecule has 0 heterocycles. The van der Waals surface area contributed by atoms with Crippen LogP contribution in [0.25, 0.3) is 0 Å². The van der Waals surface area contributed by atoms with Crippen LogP contribution in [0.3, 0.4) is 0 Å². The topological polar surface area (TPSA) is 83.8 Å². The molecule has 0 bridgehead atoms. The summed E-state index contributed by atoms with van der Waals surface area (Å²) >= 11 is 0. The van der Waals surface area contributed by atoms with Gasteiger partial charge in [0.25, 0.3) is 0 Å². The van der Waals surface area contributed by atoms with Gasteiger partial charge in [0, 0.05) is 0 Å². The maximum absolute atomic E-state index is 11.0. The van der Waals surface area contributed by atoms with Crippen molar-refractivity contribution in [3.63, 3.8) is 0 Å². The van der Waals surface area contributed by atoms with Gasteiger partial charge in [-0.1, -0.05) is 30.3 Å². The van der Waals surface area contributed by atoms with Gasteiger partial charge in [0.2, 0.25) is 0 Å². The van der Waals surface area contributed by atoms with Gasteiger partial charge in [-0.05, 0) is 18.4 Å². The van der Waals surface area contributed by atoms with E-state index in [9.17, 15) is 9.13 Å². The molecule has 16 heavy (non-hydrogen) atoms. The minimum absolute atomic E-state index is 0.156. The van der Waals surface area contributed by atoms with Gasteiger partial charge in [-0.2, -0.15) is 0 Å². The van der Waals surface area contributed by atoms with Crippen LogP contribution >= 0.6 is 16.3 Å². The minimum Gasteiger partial charge on any atom is -0.323 e. The Hall–Kier alpha value is -0.440. The zero-order valence-electron chi connectivity index (χ0n) is 8.52. The molecule has 2 atom stereocenters. The van der Waals surface area contributed by atoms with E-state index in [2.05, 4.69) is 4.52 Å². The van der Waals surface area contributed by atoms with E-state index >= 15 is 0 Å². The maximum Gasteiger partial charge on any atom is 0.354 e. The lowest BCUT2D eigenvalue weighted by Gasteiger charge is -2.15. The van der Waals surface area contributed by atoms with Crippen molar-refractivity contribution in [2.75, 3.05) is 0 Å². The highest BCUT2D eigenvalue weighted by molar-refractivity contribution is 7.52. The smallest absolute Gasteiger partial charge is 0.323 e. The van der Waals surface area contributed by atoms with E-state index in [-0.39, 0.29) is 6.42 Å². The van der Waals surface area contributed by atoms with Gasteiger partial charge in [0.1, 0.15) is 0 Å². The minimum atomic E-state index is -4.33. The second-order valence-electron chi connectivity index (χ2n) is 3.30. The van der Waals surface area contributed by atoms with Gasteiger partial charge in [0.15, 0.2) is 14.5 Å². The third-order valence-corrected chi connectivity index (χ3v) is 3.91. The van der Waals surface area contributed by atoms with Gasteiger partial charge in [-0.3, -0.25) is 9.13 Å². The molecule has 0 aliphatic heterocycles. The number of rotatable bonds is 6. The Morgan fingerprint density at radius 2 is 1.94 bits per heavy atom. The van der Waals surface area contributed by atoms with Crippen molar-refractivity contribution in [3.05, 3.63) is 35.9 Å². The monoisotopic (exact) mass is 264 g/mol. The largest absolute Gasteiger partial charge is 0.354 e. The van der Waals surface area contributed by atoms with Crippen LogP contribution < -0.4 is 0 Å². The predicted octanol–water partition coefficient (Wildman–Crippen LogP) is 1.81. The Kier molecular flexibility index (Phi) is 5.39. The van der Waals surface area contributed by atoms with Gasteiger partial charge in [-0.25, -0.2) is 0 Å². The summed E-state index contributed by atoms with van der Waals surface area (Å²) < 4.78 is 25.9. The van der Waals surface area contributed by atoms with E-state index in [0.29, 0.717) is 6.42 Å². The first-order chi connectivity index (χ1) is 7.54. The van der Waals surface area contributed by atoms with Crippen molar-refractivity contribution in [1.82, 2.24) is 0 Å². The molecule has 7 heteroatoms. The van der Waals surface area contributed by atoms with E-state index < -0.39 is 22.1 Å². The molecule has 0 saturated carbocycles. The van der Waals surface area contributed by atoms with Crippen molar-refractivity contribution >= 4 is 16.3 Å². The van der Waals surface area contributed by atoms with Gasteiger partial charge >= 0.3 is 7.60 Å². The van der Waals surface area contributed by atoms with Crippen molar-refractivity contribution in [2.45, 2.75) is 18.7 Å². The molecule has 0 aromatic heterocycles. The first kappa shape index (κ1) is 13.6. The molecule has 0 fully saturated rings. The number of hydrogen-bond acceptors (Lipinski definition) is 3. The van der Waals surface area contributed by atoms with Crippen LogP contribution in [0.5, 0.6) is 0 Å². The summed E-state index contributed by atoms with van der Waals surface area (Å²) in [5, 5.41) is 0. The van der Waals surface area contributed by atoms with E-state index in [0.717, 1.165) is 5.56 Å². The Bertz CT molecular complexity index is 375. The Labute approximate surface area is 94.9 Å². The highest BCUT2D eigenvalue weighted by Crippen LogP contribution is 2.45. The first-order valence-corrected chi connectivity index (χ1v) is 7.34. The molecule has 1 rings (SSSR count). The highest BCUT2D eigenvalue weighted by Gasteiger charge is 2.28. The van der Waals surface area contributed by atoms with Crippen molar-refractivity contribution < 1.29 is 23.4 Å². The lowest BCUT2D eigenvalue weighted by Crippen LogP contribution is -2.09. The van der Waals surface area contributed by atoms with Crippen molar-refractivity contribution in [2.24, 2.45) is 0 Å². The van der Waals surface area contributed by atoms with Crippen LogP contribution in [0, 0.1) is 0 Å². The Morgan fingerprint density at radius 1 is 1.31 bits per heavy atom. The van der Waals surface area contributed by atoms with Crippen molar-refractivity contribution in [1.29, 1.82) is 0 Å². The van der Waals surface area contributed by atoms with Crippen LogP contribution in [0.4, 0.5) is 0 Å². The molecule has 0 saturated heterocycles. The molecule has 5 nitrogen and oxygen atoms in total. The first-order valence-electron chi connectivity index (χ1n) is 4.72. The summed E-state index contributed by atoms with van der Waals surface area (Å²) in [5.41, 5.74) is 0.963. The van der Waals surface area contributed by atoms with E-state index in [1.165, 1.54) is 0 Å². The zero-order chi connectivity index (χ0) is 12.0. The SMILES string of the molecule is O=[PH2]OC(CCc1ccccc1)P(=O)(O)O. The average molecular weight is 264 g/mol. The second kappa shape index (κ2) is 6.33. The zero-order valence-corrected chi connectivity index (χ0v) is 10.6. The van der Waals surface area contributed by atoms with Gasteiger partial charge in [-0.15, -0.1) is 0 Å². The average Bonchev–Trinajstić information content (AvgIpc) is 2.24. The van der Waals surface area contributed by atoms with Crippen LogP contribution in [-0.4, -0.2) is 15.6 Å². The Balaban J connectivity index is 2.57. The van der Waals surface area contributed by atoms with Gasteiger partial charge < -0.3 is 14.3 Å². The lowest BCUT2D eigenvalue weighted by atomic mass is 10.1. The molecule has 90 valence electrons. The summed E-state index contributed by atoms with van der Waals surface area (Å²) in [6, 6.07) is 9.28. The van der Waals surface area contributed by atoms with E-state index in [1.807, 2.05) is 30.3 Å². The normalized spacial score (nSPS) is 14.4. The molecule has 0 amide bonds. The summed E-state index contributed by atoms with van der Waals surface area (Å²) in [4.78, 5) is 17.9. The van der Waals surface area contributed by atoms with E-state index in [4.69, 9.17) is 9.79 Å². The number of hydrogen-bond donors (Lipinski definition) is 2. The van der Waals surface area contributed by atoms with E-state index in [1.54, 1.807) is 0 Å². The molecule has 1 aromatic rings.